The molecule has 0 radical (unpaired) electrons. The fraction of sp³-hybridized carbons (Fsp3) is 0.542. The molecule has 0 N–H and O–H groups in total. The number of benzene rings is 1. The van der Waals surface area contributed by atoms with Crippen molar-refractivity contribution in [1.29, 1.82) is 0 Å². The van der Waals surface area contributed by atoms with E-state index in [0.717, 1.165) is 29.7 Å². The van der Waals surface area contributed by atoms with Gasteiger partial charge in [-0.05, 0) is 45.1 Å². The van der Waals surface area contributed by atoms with Crippen molar-refractivity contribution in [2.45, 2.75) is 46.5 Å². The lowest BCUT2D eigenvalue weighted by molar-refractivity contribution is -0.161. The van der Waals surface area contributed by atoms with Gasteiger partial charge in [0.2, 0.25) is 5.91 Å². The lowest BCUT2D eigenvalue weighted by atomic mass is 9.76. The van der Waals surface area contributed by atoms with Crippen LogP contribution in [0.4, 0.5) is 0 Å². The highest BCUT2D eigenvalue weighted by atomic mass is 16.5. The van der Waals surface area contributed by atoms with Gasteiger partial charge in [-0.25, -0.2) is 0 Å². The average molecular weight is 411 g/mol. The zero-order valence-corrected chi connectivity index (χ0v) is 18.0. The van der Waals surface area contributed by atoms with Crippen LogP contribution in [0.3, 0.4) is 0 Å². The maximum atomic E-state index is 13.0. The number of rotatable bonds is 6. The Morgan fingerprint density at radius 3 is 2.83 bits per heavy atom. The Bertz CT molecular complexity index is 937. The molecule has 1 saturated heterocycles. The molecule has 2 fully saturated rings. The van der Waals surface area contributed by atoms with Crippen molar-refractivity contribution in [2.24, 2.45) is 17.3 Å². The summed E-state index contributed by atoms with van der Waals surface area (Å²) in [6.45, 7) is 7.36. The predicted octanol–water partition coefficient (Wildman–Crippen LogP) is 4.02. The molecule has 1 saturated carbocycles. The van der Waals surface area contributed by atoms with E-state index in [4.69, 9.17) is 9.26 Å². The Hall–Kier alpha value is -2.63. The molecule has 3 unspecified atom stereocenters. The van der Waals surface area contributed by atoms with Gasteiger partial charge in [-0.15, -0.1) is 0 Å². The van der Waals surface area contributed by atoms with Crippen molar-refractivity contribution >= 4 is 11.9 Å². The molecular weight excluding hydrogens is 380 g/mol. The van der Waals surface area contributed by atoms with Crippen LogP contribution >= 0.6 is 0 Å². The number of aryl methyl sites for hydroxylation is 1. The molecule has 1 aromatic carbocycles. The molecule has 0 spiro atoms. The van der Waals surface area contributed by atoms with Gasteiger partial charge in [0.25, 0.3) is 0 Å². The molecular formula is C24H30N2O4. The molecule has 1 aliphatic carbocycles. The van der Waals surface area contributed by atoms with Crippen LogP contribution in [0.5, 0.6) is 0 Å². The molecule has 6 nitrogen and oxygen atoms in total. The van der Waals surface area contributed by atoms with Gasteiger partial charge in [0.15, 0.2) is 0 Å². The van der Waals surface area contributed by atoms with Crippen LogP contribution in [0.25, 0.3) is 11.3 Å². The largest absolute Gasteiger partial charge is 0.466 e. The molecule has 30 heavy (non-hydrogen) atoms. The number of carbonyl (C=O) groups is 2. The van der Waals surface area contributed by atoms with E-state index in [1.165, 1.54) is 0 Å². The number of amides is 1. The number of hydrogen-bond acceptors (Lipinski definition) is 5. The first kappa shape index (κ1) is 20.6. The van der Waals surface area contributed by atoms with E-state index in [2.05, 4.69) is 18.1 Å². The van der Waals surface area contributed by atoms with Gasteiger partial charge in [0.1, 0.15) is 11.5 Å². The predicted molar refractivity (Wildman–Crippen MR) is 113 cm³/mol. The van der Waals surface area contributed by atoms with Crippen LogP contribution in [0.2, 0.25) is 0 Å². The number of nitrogens with zero attached hydrogens (tertiary/aromatic N) is 2. The van der Waals surface area contributed by atoms with Gasteiger partial charge in [-0.3, -0.25) is 9.59 Å². The smallest absolute Gasteiger partial charge is 0.314 e. The molecule has 1 aliphatic heterocycles. The molecule has 4 rings (SSSR count). The summed E-state index contributed by atoms with van der Waals surface area (Å²) in [5, 5.41) is 4.22. The second-order valence-electron chi connectivity index (χ2n) is 8.91. The summed E-state index contributed by atoms with van der Waals surface area (Å²) in [7, 11) is 0. The molecule has 0 bridgehead atoms. The van der Waals surface area contributed by atoms with Crippen LogP contribution in [-0.2, 0) is 20.7 Å². The van der Waals surface area contributed by atoms with Crippen molar-refractivity contribution in [2.75, 3.05) is 19.7 Å². The molecule has 1 amide bonds. The maximum Gasteiger partial charge on any atom is 0.314 e. The zero-order chi connectivity index (χ0) is 21.3. The molecule has 2 heterocycles. The van der Waals surface area contributed by atoms with Crippen molar-refractivity contribution in [3.05, 3.63) is 41.7 Å². The third-order valence-corrected chi connectivity index (χ3v) is 6.41. The highest BCUT2D eigenvalue weighted by molar-refractivity contribution is 5.84. The third-order valence-electron chi connectivity index (χ3n) is 6.41. The first-order valence-corrected chi connectivity index (χ1v) is 10.9. The van der Waals surface area contributed by atoms with Crippen LogP contribution < -0.4 is 0 Å². The zero-order valence-electron chi connectivity index (χ0n) is 18.0. The van der Waals surface area contributed by atoms with Crippen molar-refractivity contribution in [3.8, 4) is 11.3 Å². The summed E-state index contributed by atoms with van der Waals surface area (Å²) >= 11 is 0. The minimum absolute atomic E-state index is 0.112. The van der Waals surface area contributed by atoms with Crippen LogP contribution in [0.1, 0.15) is 44.4 Å². The molecule has 2 aliphatic rings. The van der Waals surface area contributed by atoms with E-state index in [-0.39, 0.29) is 17.8 Å². The standard InChI is InChI=1S/C24H30N2O4/c1-4-29-23(28)24(9-6-10-26(15-24)22(27)20-12-17(20)3)14-19-13-21(25-30-19)18-8-5-7-16(2)11-18/h5,7-8,11,13,17,20H,4,6,9-10,12,14-15H2,1-3H3. The van der Waals surface area contributed by atoms with Gasteiger partial charge < -0.3 is 14.2 Å². The van der Waals surface area contributed by atoms with E-state index in [9.17, 15) is 9.59 Å². The maximum absolute atomic E-state index is 13.0. The minimum atomic E-state index is -0.786. The first-order valence-electron chi connectivity index (χ1n) is 10.9. The second-order valence-corrected chi connectivity index (χ2v) is 8.91. The van der Waals surface area contributed by atoms with Gasteiger partial charge in [0, 0.05) is 37.1 Å². The van der Waals surface area contributed by atoms with Gasteiger partial charge >= 0.3 is 5.97 Å². The fourth-order valence-electron chi connectivity index (χ4n) is 4.56. The minimum Gasteiger partial charge on any atom is -0.466 e. The Kier molecular flexibility index (Phi) is 5.67. The number of likely N-dealkylation sites (tertiary alicyclic amines) is 1. The average Bonchev–Trinajstić information content (AvgIpc) is 3.28. The Morgan fingerprint density at radius 1 is 1.33 bits per heavy atom. The number of esters is 1. The lowest BCUT2D eigenvalue weighted by Gasteiger charge is -2.40. The Morgan fingerprint density at radius 2 is 2.13 bits per heavy atom. The second kappa shape index (κ2) is 8.25. The van der Waals surface area contributed by atoms with Crippen LogP contribution in [0, 0.1) is 24.2 Å². The lowest BCUT2D eigenvalue weighted by Crippen LogP contribution is -2.52. The molecule has 1 aromatic heterocycles. The van der Waals surface area contributed by atoms with E-state index >= 15 is 0 Å². The summed E-state index contributed by atoms with van der Waals surface area (Å²) in [5.74, 6) is 1.13. The summed E-state index contributed by atoms with van der Waals surface area (Å²) in [6.07, 6.45) is 2.79. The third kappa shape index (κ3) is 4.13. The monoisotopic (exact) mass is 410 g/mol. The van der Waals surface area contributed by atoms with E-state index in [1.54, 1.807) is 0 Å². The van der Waals surface area contributed by atoms with Crippen molar-refractivity contribution < 1.29 is 18.8 Å². The van der Waals surface area contributed by atoms with Crippen LogP contribution in [0.15, 0.2) is 34.9 Å². The highest BCUT2D eigenvalue weighted by Gasteiger charge is 2.49. The topological polar surface area (TPSA) is 72.6 Å². The number of aromatic nitrogens is 1. The SMILES string of the molecule is CCOC(=O)C1(Cc2cc(-c3cccc(C)c3)no2)CCCN(C(=O)C2CC2C)C1. The van der Waals surface area contributed by atoms with Crippen molar-refractivity contribution in [3.63, 3.8) is 0 Å². The summed E-state index contributed by atoms with van der Waals surface area (Å²) in [4.78, 5) is 27.8. The molecule has 160 valence electrons. The first-order chi connectivity index (χ1) is 14.4. The summed E-state index contributed by atoms with van der Waals surface area (Å²) < 4.78 is 11.1. The number of carbonyl (C=O) groups excluding carboxylic acids is 2. The summed E-state index contributed by atoms with van der Waals surface area (Å²) in [5.41, 5.74) is 2.10. The molecule has 3 atom stereocenters. The molecule has 2 aromatic rings. The van der Waals surface area contributed by atoms with Gasteiger partial charge in [-0.1, -0.05) is 35.8 Å². The van der Waals surface area contributed by atoms with E-state index in [0.29, 0.717) is 44.2 Å². The quantitative estimate of drug-likeness (QED) is 0.673. The normalized spacial score (nSPS) is 25.8. The number of hydrogen-bond donors (Lipinski definition) is 0. The van der Waals surface area contributed by atoms with E-state index in [1.807, 2.05) is 43.0 Å². The van der Waals surface area contributed by atoms with Crippen LogP contribution in [-0.4, -0.2) is 41.6 Å². The summed E-state index contributed by atoms with van der Waals surface area (Å²) in [6, 6.07) is 9.98. The number of piperidine rings is 1. The van der Waals surface area contributed by atoms with Crippen molar-refractivity contribution in [1.82, 2.24) is 10.1 Å². The fourth-order valence-corrected chi connectivity index (χ4v) is 4.56. The molecule has 6 heteroatoms. The highest BCUT2D eigenvalue weighted by Crippen LogP contribution is 2.42. The van der Waals surface area contributed by atoms with Gasteiger partial charge in [-0.2, -0.15) is 0 Å². The van der Waals surface area contributed by atoms with E-state index < -0.39 is 5.41 Å². The number of ether oxygens (including phenoxy) is 1. The Balaban J connectivity index is 1.57. The van der Waals surface area contributed by atoms with Gasteiger partial charge in [0.05, 0.1) is 12.0 Å². The Labute approximate surface area is 177 Å².